The highest BCUT2D eigenvalue weighted by atomic mass is 31.2. The molecular formula is C52H91NO10P+. The van der Waals surface area contributed by atoms with Gasteiger partial charge in [0.05, 0.1) is 33.9 Å². The molecule has 1 rings (SSSR count). The largest absolute Gasteiger partial charge is 0.472 e. The number of unbranched alkanes of at least 4 members (excludes halogenated alkanes) is 15. The van der Waals surface area contributed by atoms with E-state index in [1.54, 1.807) is 12.2 Å². The topological polar surface area (TPSA) is 142 Å². The zero-order valence-electron chi connectivity index (χ0n) is 41.3. The minimum atomic E-state index is -4.43. The number of aryl methyl sites for hydroxylation is 2. The Morgan fingerprint density at radius 3 is 1.88 bits per heavy atom. The first-order valence-electron chi connectivity index (χ1n) is 24.8. The summed E-state index contributed by atoms with van der Waals surface area (Å²) in [6, 6.07) is 0. The fraction of sp³-hybridized carbons (Fsp3) is 0.731. The molecule has 2 N–H and O–H groups in total. The van der Waals surface area contributed by atoms with E-state index in [1.807, 2.05) is 39.4 Å². The molecule has 0 aliphatic rings. The van der Waals surface area contributed by atoms with Crippen LogP contribution in [0.1, 0.15) is 184 Å². The van der Waals surface area contributed by atoms with Gasteiger partial charge in [0.2, 0.25) is 0 Å². The van der Waals surface area contributed by atoms with Gasteiger partial charge in [0.1, 0.15) is 31.3 Å². The molecule has 2 unspecified atom stereocenters. The summed E-state index contributed by atoms with van der Waals surface area (Å²) in [5.74, 6) is 1.42. The van der Waals surface area contributed by atoms with Crippen LogP contribution < -0.4 is 0 Å². The molecule has 11 nitrogen and oxygen atoms in total. The molecule has 0 aliphatic heterocycles. The number of rotatable bonds is 41. The number of hydrogen-bond donors (Lipinski definition) is 2. The van der Waals surface area contributed by atoms with Crippen LogP contribution in [0.5, 0.6) is 0 Å². The number of quaternary nitrogens is 1. The average molecular weight is 921 g/mol. The number of ether oxygens (including phenoxy) is 2. The maximum Gasteiger partial charge on any atom is 0.472 e. The molecule has 3 atom stereocenters. The van der Waals surface area contributed by atoms with E-state index in [4.69, 9.17) is 22.9 Å². The number of carbonyl (C=O) groups is 2. The number of aliphatic hydroxyl groups excluding tert-OH is 1. The minimum absolute atomic E-state index is 0.000776. The van der Waals surface area contributed by atoms with Crippen molar-refractivity contribution in [3.8, 4) is 0 Å². The van der Waals surface area contributed by atoms with Crippen molar-refractivity contribution in [2.24, 2.45) is 0 Å². The zero-order chi connectivity index (χ0) is 47.3. The molecule has 0 spiro atoms. The van der Waals surface area contributed by atoms with Crippen molar-refractivity contribution in [3.63, 3.8) is 0 Å². The van der Waals surface area contributed by atoms with Gasteiger partial charge in [-0.25, -0.2) is 4.57 Å². The lowest BCUT2D eigenvalue weighted by Crippen LogP contribution is -2.37. The number of likely N-dealkylation sites (N-methyl/N-ethyl adjacent to an activating group) is 1. The van der Waals surface area contributed by atoms with Gasteiger partial charge in [-0.15, -0.1) is 0 Å². The lowest BCUT2D eigenvalue weighted by Gasteiger charge is -2.24. The highest BCUT2D eigenvalue weighted by Crippen LogP contribution is 2.43. The Balaban J connectivity index is 2.37. The first-order chi connectivity index (χ1) is 30.7. The summed E-state index contributed by atoms with van der Waals surface area (Å²) < 4.78 is 40.5. The number of allylic oxidation sites excluding steroid dienone is 6. The Labute approximate surface area is 389 Å². The van der Waals surface area contributed by atoms with Gasteiger partial charge >= 0.3 is 19.8 Å². The molecule has 64 heavy (non-hydrogen) atoms. The van der Waals surface area contributed by atoms with Crippen LogP contribution in [0.4, 0.5) is 0 Å². The van der Waals surface area contributed by atoms with Gasteiger partial charge in [0.15, 0.2) is 6.10 Å². The SMILES string of the molecule is CCCCC/C=C\C/C=C\CC(O)/C=C\C=C\CCCC(=O)O[C@H](COC(=O)CCCCCCCCCCCCc1oc(CCCCC)c(C)c1C)COP(=O)(O)OCC[N+](C)(C)C. The Morgan fingerprint density at radius 2 is 1.23 bits per heavy atom. The quantitative estimate of drug-likeness (QED) is 0.0163. The standard InChI is InChI=1S/C52H90NO10P/c1-8-10-12-13-14-17-20-24-30-35-47(54)36-31-25-23-28-34-40-52(56)62-48(44-61-64(57,58)60-42-41-53(5,6)7)43-59-51(55)39-33-27-22-19-16-15-18-21-26-32-38-50-46(4)45(3)49(63-50)37-29-11-9-2/h14,17,23-25,30-31,36,47-48,54H,8-13,15-16,18-22,26-29,32-35,37-44H2,1-7H3/p+1/b17-14-,25-23+,30-24-,36-31-/t47?,48-/m1/s1. The summed E-state index contributed by atoms with van der Waals surface area (Å²) in [6.45, 7) is 8.56. The Morgan fingerprint density at radius 1 is 0.672 bits per heavy atom. The number of aliphatic hydroxyl groups is 1. The van der Waals surface area contributed by atoms with E-state index in [0.717, 1.165) is 44.9 Å². The number of carbonyl (C=O) groups excluding carboxylic acids is 2. The maximum atomic E-state index is 12.7. The first-order valence-corrected chi connectivity index (χ1v) is 26.3. The van der Waals surface area contributed by atoms with Gasteiger partial charge in [-0.3, -0.25) is 18.6 Å². The summed E-state index contributed by atoms with van der Waals surface area (Å²) in [6.07, 6.45) is 38.6. The normalized spacial score (nSPS) is 14.3. The third-order valence-corrected chi connectivity index (χ3v) is 12.1. The average Bonchev–Trinajstić information content (AvgIpc) is 3.51. The van der Waals surface area contributed by atoms with E-state index in [1.165, 1.54) is 99.7 Å². The van der Waals surface area contributed by atoms with Gasteiger partial charge in [-0.05, 0) is 82.8 Å². The number of nitrogens with zero attached hydrogens (tertiary/aromatic N) is 1. The number of esters is 2. The molecule has 0 bridgehead atoms. The first kappa shape index (κ1) is 59.2. The highest BCUT2D eigenvalue weighted by molar-refractivity contribution is 7.47. The summed E-state index contributed by atoms with van der Waals surface area (Å²) in [5.41, 5.74) is 2.68. The van der Waals surface area contributed by atoms with Crippen molar-refractivity contribution < 1.29 is 51.6 Å². The van der Waals surface area contributed by atoms with Crippen LogP contribution in [0.3, 0.4) is 0 Å². The van der Waals surface area contributed by atoms with Crippen molar-refractivity contribution in [1.29, 1.82) is 0 Å². The van der Waals surface area contributed by atoms with E-state index in [2.05, 4.69) is 45.9 Å². The summed E-state index contributed by atoms with van der Waals surface area (Å²) in [5, 5.41) is 10.2. The van der Waals surface area contributed by atoms with Crippen molar-refractivity contribution in [2.75, 3.05) is 47.5 Å². The van der Waals surface area contributed by atoms with Crippen molar-refractivity contribution in [3.05, 3.63) is 71.3 Å². The molecule has 1 aromatic rings. The van der Waals surface area contributed by atoms with Crippen LogP contribution >= 0.6 is 7.82 Å². The second-order valence-corrected chi connectivity index (χ2v) is 19.7. The molecule has 0 radical (unpaired) electrons. The number of furan rings is 1. The number of hydrogen-bond acceptors (Lipinski definition) is 9. The van der Waals surface area contributed by atoms with Crippen LogP contribution in [0.2, 0.25) is 0 Å². The molecule has 0 amide bonds. The van der Waals surface area contributed by atoms with E-state index < -0.39 is 38.6 Å². The van der Waals surface area contributed by atoms with E-state index in [-0.39, 0.29) is 26.1 Å². The summed E-state index contributed by atoms with van der Waals surface area (Å²) in [4.78, 5) is 35.6. The smallest absolute Gasteiger partial charge is 0.466 e. The Hall–Kier alpha value is -2.79. The van der Waals surface area contributed by atoms with Crippen LogP contribution in [0.25, 0.3) is 0 Å². The van der Waals surface area contributed by atoms with Crippen LogP contribution in [0, 0.1) is 13.8 Å². The molecule has 368 valence electrons. The highest BCUT2D eigenvalue weighted by Gasteiger charge is 2.27. The van der Waals surface area contributed by atoms with Crippen molar-refractivity contribution in [2.45, 2.75) is 200 Å². The summed E-state index contributed by atoms with van der Waals surface area (Å²) >= 11 is 0. The lowest BCUT2D eigenvalue weighted by atomic mass is 10.0. The molecule has 0 saturated heterocycles. The molecule has 0 fully saturated rings. The molecule has 0 aromatic carbocycles. The fourth-order valence-electron chi connectivity index (χ4n) is 6.91. The Bertz CT molecular complexity index is 1520. The predicted molar refractivity (Wildman–Crippen MR) is 261 cm³/mol. The molecule has 12 heteroatoms. The van der Waals surface area contributed by atoms with Crippen molar-refractivity contribution in [1.82, 2.24) is 0 Å². The second kappa shape index (κ2) is 37.3. The monoisotopic (exact) mass is 921 g/mol. The third-order valence-electron chi connectivity index (χ3n) is 11.1. The fourth-order valence-corrected chi connectivity index (χ4v) is 7.65. The van der Waals surface area contributed by atoms with E-state index in [9.17, 15) is 24.2 Å². The van der Waals surface area contributed by atoms with Crippen LogP contribution in [-0.4, -0.2) is 86.1 Å². The predicted octanol–water partition coefficient (Wildman–Crippen LogP) is 12.9. The van der Waals surface area contributed by atoms with Gasteiger partial charge < -0.3 is 28.4 Å². The molecule has 0 aliphatic carbocycles. The van der Waals surface area contributed by atoms with Crippen LogP contribution in [0.15, 0.2) is 53.0 Å². The molecular weight excluding hydrogens is 830 g/mol. The van der Waals surface area contributed by atoms with Gasteiger partial charge in [0, 0.05) is 25.7 Å². The van der Waals surface area contributed by atoms with E-state index in [0.29, 0.717) is 36.7 Å². The van der Waals surface area contributed by atoms with Gasteiger partial charge in [-0.1, -0.05) is 140 Å². The number of phosphoric ester groups is 1. The van der Waals surface area contributed by atoms with Crippen LogP contribution in [-0.2, 0) is 45.5 Å². The van der Waals surface area contributed by atoms with Gasteiger partial charge in [0.25, 0.3) is 0 Å². The summed E-state index contributed by atoms with van der Waals surface area (Å²) in [7, 11) is 1.37. The second-order valence-electron chi connectivity index (χ2n) is 18.3. The molecule has 1 aromatic heterocycles. The minimum Gasteiger partial charge on any atom is -0.466 e. The molecule has 1 heterocycles. The number of phosphoric acid groups is 1. The Kier molecular flexibility index (Phi) is 34.5. The zero-order valence-corrected chi connectivity index (χ0v) is 42.2. The van der Waals surface area contributed by atoms with Gasteiger partial charge in [-0.2, -0.15) is 0 Å². The van der Waals surface area contributed by atoms with Crippen molar-refractivity contribution >= 4 is 19.8 Å². The van der Waals surface area contributed by atoms with E-state index >= 15 is 0 Å². The third kappa shape index (κ3) is 33.7. The molecule has 0 saturated carbocycles. The maximum absolute atomic E-state index is 12.7. The lowest BCUT2D eigenvalue weighted by molar-refractivity contribution is -0.870.